The third-order valence-electron chi connectivity index (χ3n) is 6.29. The van der Waals surface area contributed by atoms with Crippen LogP contribution in [0.25, 0.3) is 11.3 Å². The van der Waals surface area contributed by atoms with Crippen LogP contribution in [0, 0.1) is 6.92 Å². The number of fused-ring (bicyclic) bond motifs is 1. The van der Waals surface area contributed by atoms with Crippen LogP contribution in [0.4, 0.5) is 5.69 Å². The van der Waals surface area contributed by atoms with Gasteiger partial charge in [0.15, 0.2) is 0 Å². The maximum atomic E-state index is 13.0. The number of carbonyl (C=O) groups is 2. The largest absolute Gasteiger partial charge is 0.497 e. The minimum atomic E-state index is -0.134. The van der Waals surface area contributed by atoms with Gasteiger partial charge in [-0.15, -0.1) is 0 Å². The van der Waals surface area contributed by atoms with Gasteiger partial charge in [0.25, 0.3) is 11.8 Å². The number of methoxy groups -OCH3 is 1. The highest BCUT2D eigenvalue weighted by atomic mass is 16.5. The molecule has 6 nitrogen and oxygen atoms in total. The number of hydrogen-bond donors (Lipinski definition) is 1. The molecule has 2 amide bonds. The van der Waals surface area contributed by atoms with Crippen molar-refractivity contribution in [3.8, 4) is 17.1 Å². The normalized spacial score (nSPS) is 12.7. The third-order valence-corrected chi connectivity index (χ3v) is 6.29. The van der Waals surface area contributed by atoms with Crippen molar-refractivity contribution in [3.63, 3.8) is 0 Å². The average molecular weight is 467 g/mol. The fraction of sp³-hybridized carbons (Fsp3) is 0.172. The molecule has 35 heavy (non-hydrogen) atoms. The quantitative estimate of drug-likeness (QED) is 0.409. The van der Waals surface area contributed by atoms with Gasteiger partial charge < -0.3 is 19.4 Å². The third kappa shape index (κ3) is 4.68. The summed E-state index contributed by atoms with van der Waals surface area (Å²) in [4.78, 5) is 27.4. The van der Waals surface area contributed by atoms with E-state index in [0.717, 1.165) is 28.2 Å². The number of nitrogens with one attached hydrogen (secondary N) is 1. The Labute approximate surface area is 204 Å². The fourth-order valence-electron chi connectivity index (χ4n) is 4.33. The summed E-state index contributed by atoms with van der Waals surface area (Å²) >= 11 is 0. The monoisotopic (exact) mass is 466 g/mol. The van der Waals surface area contributed by atoms with Crippen LogP contribution in [0.2, 0.25) is 0 Å². The van der Waals surface area contributed by atoms with Crippen molar-refractivity contribution in [3.05, 3.63) is 107 Å². The minimum Gasteiger partial charge on any atom is -0.497 e. The predicted octanol–water partition coefficient (Wildman–Crippen LogP) is 5.71. The average Bonchev–Trinajstić information content (AvgIpc) is 3.32. The maximum Gasteiger partial charge on any atom is 0.255 e. The highest BCUT2D eigenvalue weighted by molar-refractivity contribution is 6.05. The summed E-state index contributed by atoms with van der Waals surface area (Å²) in [6, 6.07) is 24.3. The van der Waals surface area contributed by atoms with Crippen LogP contribution in [0.5, 0.6) is 5.75 Å². The fourth-order valence-corrected chi connectivity index (χ4v) is 4.33. The molecule has 0 atom stereocenters. The van der Waals surface area contributed by atoms with E-state index in [-0.39, 0.29) is 11.8 Å². The van der Waals surface area contributed by atoms with Crippen LogP contribution >= 0.6 is 0 Å². The molecule has 0 unspecified atom stereocenters. The van der Waals surface area contributed by atoms with E-state index in [0.29, 0.717) is 42.1 Å². The second kappa shape index (κ2) is 9.50. The lowest BCUT2D eigenvalue weighted by atomic mass is 10.1. The molecule has 1 aliphatic rings. The van der Waals surface area contributed by atoms with Gasteiger partial charge in [-0.1, -0.05) is 24.3 Å². The van der Waals surface area contributed by atoms with Gasteiger partial charge in [0.1, 0.15) is 17.3 Å². The standard InChI is InChI=1S/C29H26N2O4/c1-19-6-3-4-9-25(19)28(32)30-23-12-10-20(11-13-23)27-17-22-18-31(15-14-26(22)35-27)29(33)21-7-5-8-24(16-21)34-2/h3-13,16-17H,14-15,18H2,1-2H3,(H,30,32). The lowest BCUT2D eigenvalue weighted by Crippen LogP contribution is -2.35. The highest BCUT2D eigenvalue weighted by Gasteiger charge is 2.25. The Morgan fingerprint density at radius 2 is 1.77 bits per heavy atom. The Morgan fingerprint density at radius 1 is 0.971 bits per heavy atom. The number of hydrogen-bond acceptors (Lipinski definition) is 4. The zero-order valence-electron chi connectivity index (χ0n) is 19.7. The van der Waals surface area contributed by atoms with Crippen molar-refractivity contribution in [2.45, 2.75) is 19.9 Å². The van der Waals surface area contributed by atoms with Crippen LogP contribution in [0.3, 0.4) is 0 Å². The van der Waals surface area contributed by atoms with Gasteiger partial charge in [-0.3, -0.25) is 9.59 Å². The van der Waals surface area contributed by atoms with Crippen molar-refractivity contribution in [2.24, 2.45) is 0 Å². The Bertz CT molecular complexity index is 1390. The van der Waals surface area contributed by atoms with Crippen molar-refractivity contribution in [1.82, 2.24) is 4.90 Å². The Hall–Kier alpha value is -4.32. The first-order valence-electron chi connectivity index (χ1n) is 11.5. The maximum absolute atomic E-state index is 13.0. The summed E-state index contributed by atoms with van der Waals surface area (Å²) in [5, 5.41) is 2.95. The first-order valence-corrected chi connectivity index (χ1v) is 11.5. The highest BCUT2D eigenvalue weighted by Crippen LogP contribution is 2.31. The number of amides is 2. The number of ether oxygens (including phenoxy) is 1. The van der Waals surface area contributed by atoms with Gasteiger partial charge in [-0.25, -0.2) is 0 Å². The summed E-state index contributed by atoms with van der Waals surface area (Å²) in [6.45, 7) is 3.02. The molecule has 0 bridgehead atoms. The first kappa shape index (κ1) is 22.5. The van der Waals surface area contributed by atoms with Gasteiger partial charge in [0.2, 0.25) is 0 Å². The molecule has 1 N–H and O–H groups in total. The lowest BCUT2D eigenvalue weighted by molar-refractivity contribution is 0.0729. The molecule has 1 aromatic heterocycles. The molecule has 0 radical (unpaired) electrons. The van der Waals surface area contributed by atoms with Crippen molar-refractivity contribution < 1.29 is 18.7 Å². The van der Waals surface area contributed by atoms with E-state index in [1.807, 2.05) is 78.6 Å². The van der Waals surface area contributed by atoms with E-state index < -0.39 is 0 Å². The number of aryl methyl sites for hydroxylation is 1. The molecule has 0 aliphatic carbocycles. The zero-order valence-corrected chi connectivity index (χ0v) is 19.7. The first-order chi connectivity index (χ1) is 17.0. The van der Waals surface area contributed by atoms with Crippen LogP contribution in [-0.4, -0.2) is 30.4 Å². The molecule has 5 rings (SSSR count). The summed E-state index contributed by atoms with van der Waals surface area (Å²) in [5.41, 5.74) is 4.84. The second-order valence-corrected chi connectivity index (χ2v) is 8.61. The van der Waals surface area contributed by atoms with E-state index in [1.165, 1.54) is 0 Å². The van der Waals surface area contributed by atoms with Gasteiger partial charge in [0.05, 0.1) is 7.11 Å². The number of carbonyl (C=O) groups excluding carboxylic acids is 2. The number of rotatable bonds is 5. The molecular formula is C29H26N2O4. The topological polar surface area (TPSA) is 71.8 Å². The van der Waals surface area contributed by atoms with Crippen molar-refractivity contribution >= 4 is 17.5 Å². The van der Waals surface area contributed by atoms with Gasteiger partial charge >= 0.3 is 0 Å². The molecule has 0 saturated heterocycles. The number of furan rings is 1. The predicted molar refractivity (Wildman–Crippen MR) is 135 cm³/mol. The van der Waals surface area contributed by atoms with E-state index in [4.69, 9.17) is 9.15 Å². The summed E-state index contributed by atoms with van der Waals surface area (Å²) < 4.78 is 11.4. The smallest absolute Gasteiger partial charge is 0.255 e. The molecule has 0 fully saturated rings. The van der Waals surface area contributed by atoms with Crippen molar-refractivity contribution in [2.75, 3.05) is 19.0 Å². The lowest BCUT2D eigenvalue weighted by Gasteiger charge is -2.26. The molecule has 2 heterocycles. The summed E-state index contributed by atoms with van der Waals surface area (Å²) in [7, 11) is 1.59. The second-order valence-electron chi connectivity index (χ2n) is 8.61. The molecule has 6 heteroatoms. The molecule has 3 aromatic carbocycles. The van der Waals surface area contributed by atoms with Crippen molar-refractivity contribution in [1.29, 1.82) is 0 Å². The van der Waals surface area contributed by atoms with Gasteiger partial charge in [-0.2, -0.15) is 0 Å². The van der Waals surface area contributed by atoms with Gasteiger partial charge in [0, 0.05) is 47.5 Å². The van der Waals surface area contributed by atoms with E-state index in [2.05, 4.69) is 5.32 Å². The van der Waals surface area contributed by atoms with Crippen LogP contribution < -0.4 is 10.1 Å². The molecule has 0 spiro atoms. The number of anilines is 1. The van der Waals surface area contributed by atoms with Crippen LogP contribution in [-0.2, 0) is 13.0 Å². The van der Waals surface area contributed by atoms with E-state index >= 15 is 0 Å². The Kier molecular flexibility index (Phi) is 6.10. The number of nitrogens with zero attached hydrogens (tertiary/aromatic N) is 1. The Balaban J connectivity index is 1.28. The summed E-state index contributed by atoms with van der Waals surface area (Å²) in [6.07, 6.45) is 0.662. The number of benzene rings is 3. The molecule has 176 valence electrons. The van der Waals surface area contributed by atoms with Gasteiger partial charge in [-0.05, 0) is 67.1 Å². The minimum absolute atomic E-state index is 0.0222. The molecule has 0 saturated carbocycles. The SMILES string of the molecule is COc1cccc(C(=O)N2CCc3oc(-c4ccc(NC(=O)c5ccccc5C)cc4)cc3C2)c1. The Morgan fingerprint density at radius 3 is 2.54 bits per heavy atom. The van der Waals surface area contributed by atoms with E-state index in [9.17, 15) is 9.59 Å². The van der Waals surface area contributed by atoms with Crippen LogP contribution in [0.15, 0.2) is 83.3 Å². The zero-order chi connectivity index (χ0) is 24.4. The van der Waals surface area contributed by atoms with E-state index in [1.54, 1.807) is 19.2 Å². The molecule has 4 aromatic rings. The molecule has 1 aliphatic heterocycles. The summed E-state index contributed by atoms with van der Waals surface area (Å²) in [5.74, 6) is 2.17. The molecular weight excluding hydrogens is 440 g/mol. The van der Waals surface area contributed by atoms with Crippen LogP contribution in [0.1, 0.15) is 37.6 Å².